The minimum absolute atomic E-state index is 0.225. The standard InChI is InChI=1S/C24H25N5O2/c1-17-8-9-19(3)22(14-17)31-16-29-12-10-21(26-29)24(30)25-23-11-13-28(27-23)15-20-7-5-4-6-18(20)2/h4-14H,15-16H2,1-3H3,(H,25,27,30). The Hall–Kier alpha value is -3.87. The Morgan fingerprint density at radius 1 is 0.935 bits per heavy atom. The van der Waals surface area contributed by atoms with E-state index >= 15 is 0 Å². The number of anilines is 1. The Balaban J connectivity index is 1.35. The first kappa shape index (κ1) is 20.4. The molecule has 7 heteroatoms. The number of aryl methyl sites for hydroxylation is 3. The number of carbonyl (C=O) groups is 1. The summed E-state index contributed by atoms with van der Waals surface area (Å²) < 4.78 is 9.23. The van der Waals surface area contributed by atoms with Crippen LogP contribution < -0.4 is 10.1 Å². The normalized spacial score (nSPS) is 10.8. The van der Waals surface area contributed by atoms with Crippen LogP contribution in [0.2, 0.25) is 0 Å². The van der Waals surface area contributed by atoms with Gasteiger partial charge in [0.15, 0.2) is 18.2 Å². The molecule has 31 heavy (non-hydrogen) atoms. The predicted molar refractivity (Wildman–Crippen MR) is 119 cm³/mol. The summed E-state index contributed by atoms with van der Waals surface area (Å²) in [6.07, 6.45) is 3.56. The van der Waals surface area contributed by atoms with Crippen molar-refractivity contribution in [2.45, 2.75) is 34.0 Å². The van der Waals surface area contributed by atoms with Crippen LogP contribution in [0.1, 0.15) is 32.7 Å². The first-order chi connectivity index (χ1) is 15.0. The van der Waals surface area contributed by atoms with Crippen LogP contribution >= 0.6 is 0 Å². The zero-order valence-corrected chi connectivity index (χ0v) is 17.9. The smallest absolute Gasteiger partial charge is 0.277 e. The van der Waals surface area contributed by atoms with Crippen molar-refractivity contribution in [3.8, 4) is 5.75 Å². The average molecular weight is 415 g/mol. The molecule has 0 aliphatic carbocycles. The summed E-state index contributed by atoms with van der Waals surface area (Å²) in [7, 11) is 0. The molecule has 1 amide bonds. The molecule has 2 aromatic carbocycles. The molecule has 0 aliphatic heterocycles. The molecular formula is C24H25N5O2. The number of nitrogens with one attached hydrogen (secondary N) is 1. The van der Waals surface area contributed by atoms with Crippen molar-refractivity contribution < 1.29 is 9.53 Å². The average Bonchev–Trinajstić information content (AvgIpc) is 3.40. The summed E-state index contributed by atoms with van der Waals surface area (Å²) in [5.41, 5.74) is 4.88. The fraction of sp³-hybridized carbons (Fsp3) is 0.208. The largest absolute Gasteiger partial charge is 0.471 e. The van der Waals surface area contributed by atoms with Gasteiger partial charge in [0.1, 0.15) is 5.75 Å². The van der Waals surface area contributed by atoms with Crippen molar-refractivity contribution in [3.63, 3.8) is 0 Å². The van der Waals surface area contributed by atoms with E-state index in [0.29, 0.717) is 18.1 Å². The second-order valence-electron chi connectivity index (χ2n) is 7.56. The van der Waals surface area contributed by atoms with Crippen molar-refractivity contribution in [2.75, 3.05) is 5.32 Å². The molecule has 0 radical (unpaired) electrons. The van der Waals surface area contributed by atoms with E-state index in [2.05, 4.69) is 34.6 Å². The molecule has 0 saturated carbocycles. The maximum absolute atomic E-state index is 12.5. The van der Waals surface area contributed by atoms with Gasteiger partial charge in [-0.25, -0.2) is 4.68 Å². The van der Waals surface area contributed by atoms with Crippen molar-refractivity contribution in [1.29, 1.82) is 0 Å². The number of hydrogen-bond donors (Lipinski definition) is 1. The maximum atomic E-state index is 12.5. The molecule has 7 nitrogen and oxygen atoms in total. The molecule has 4 aromatic rings. The lowest BCUT2D eigenvalue weighted by molar-refractivity contribution is 0.101. The quantitative estimate of drug-likeness (QED) is 0.487. The molecule has 1 N–H and O–H groups in total. The summed E-state index contributed by atoms with van der Waals surface area (Å²) in [6.45, 7) is 6.96. The fourth-order valence-electron chi connectivity index (χ4n) is 3.21. The van der Waals surface area contributed by atoms with Crippen LogP contribution in [0, 0.1) is 20.8 Å². The highest BCUT2D eigenvalue weighted by atomic mass is 16.5. The first-order valence-corrected chi connectivity index (χ1v) is 10.1. The van der Waals surface area contributed by atoms with Gasteiger partial charge >= 0.3 is 0 Å². The van der Waals surface area contributed by atoms with Crippen LogP contribution in [0.25, 0.3) is 0 Å². The topological polar surface area (TPSA) is 74.0 Å². The minimum Gasteiger partial charge on any atom is -0.471 e. The highest BCUT2D eigenvalue weighted by Gasteiger charge is 2.12. The second kappa shape index (κ2) is 8.87. The lowest BCUT2D eigenvalue weighted by Crippen LogP contribution is -2.15. The molecule has 0 bridgehead atoms. The summed E-state index contributed by atoms with van der Waals surface area (Å²) >= 11 is 0. The minimum atomic E-state index is -0.313. The number of hydrogen-bond acceptors (Lipinski definition) is 4. The molecule has 0 aliphatic rings. The lowest BCUT2D eigenvalue weighted by Gasteiger charge is -2.09. The van der Waals surface area contributed by atoms with Gasteiger partial charge in [-0.3, -0.25) is 9.48 Å². The van der Waals surface area contributed by atoms with Gasteiger partial charge < -0.3 is 10.1 Å². The molecule has 2 heterocycles. The number of rotatable bonds is 7. The van der Waals surface area contributed by atoms with Gasteiger partial charge in [-0.05, 0) is 55.2 Å². The Morgan fingerprint density at radius 2 is 1.74 bits per heavy atom. The number of carbonyl (C=O) groups excluding carboxylic acids is 1. The third-order valence-corrected chi connectivity index (χ3v) is 5.05. The molecule has 2 aromatic heterocycles. The van der Waals surface area contributed by atoms with Crippen LogP contribution in [0.15, 0.2) is 67.0 Å². The van der Waals surface area contributed by atoms with E-state index in [-0.39, 0.29) is 12.6 Å². The molecule has 0 saturated heterocycles. The van der Waals surface area contributed by atoms with Crippen LogP contribution in [0.5, 0.6) is 5.75 Å². The van der Waals surface area contributed by atoms with Crippen LogP contribution in [0.4, 0.5) is 5.82 Å². The van der Waals surface area contributed by atoms with Crippen LogP contribution in [-0.2, 0) is 13.3 Å². The van der Waals surface area contributed by atoms with Crippen molar-refractivity contribution in [2.24, 2.45) is 0 Å². The molecule has 0 fully saturated rings. The van der Waals surface area contributed by atoms with E-state index in [0.717, 1.165) is 16.9 Å². The Bertz CT molecular complexity index is 1210. The molecule has 0 atom stereocenters. The Kier molecular flexibility index (Phi) is 5.84. The molecule has 158 valence electrons. The Morgan fingerprint density at radius 3 is 2.58 bits per heavy atom. The zero-order chi connectivity index (χ0) is 21.8. The van der Waals surface area contributed by atoms with Gasteiger partial charge in [0.2, 0.25) is 0 Å². The SMILES string of the molecule is Cc1ccc(C)c(OCn2ccc(C(=O)Nc3ccn(Cc4ccccc4C)n3)n2)c1. The fourth-order valence-corrected chi connectivity index (χ4v) is 3.21. The number of aromatic nitrogens is 4. The van der Waals surface area contributed by atoms with Gasteiger partial charge in [-0.2, -0.15) is 10.2 Å². The molecular weight excluding hydrogens is 390 g/mol. The van der Waals surface area contributed by atoms with Gasteiger partial charge in [0.05, 0.1) is 6.54 Å². The number of nitrogens with zero attached hydrogens (tertiary/aromatic N) is 4. The van der Waals surface area contributed by atoms with Gasteiger partial charge in [-0.1, -0.05) is 36.4 Å². The van der Waals surface area contributed by atoms with Crippen LogP contribution in [0.3, 0.4) is 0 Å². The van der Waals surface area contributed by atoms with Gasteiger partial charge in [0.25, 0.3) is 5.91 Å². The summed E-state index contributed by atoms with van der Waals surface area (Å²) in [4.78, 5) is 12.5. The van der Waals surface area contributed by atoms with E-state index in [1.54, 1.807) is 27.7 Å². The lowest BCUT2D eigenvalue weighted by atomic mass is 10.1. The predicted octanol–water partition coefficient (Wildman–Crippen LogP) is 4.34. The molecule has 4 rings (SSSR count). The van der Waals surface area contributed by atoms with Crippen molar-refractivity contribution >= 4 is 11.7 Å². The van der Waals surface area contributed by atoms with Gasteiger partial charge in [0, 0.05) is 18.5 Å². The number of amides is 1. The van der Waals surface area contributed by atoms with Crippen molar-refractivity contribution in [3.05, 3.63) is 94.9 Å². The number of ether oxygens (including phenoxy) is 1. The number of benzene rings is 2. The molecule has 0 spiro atoms. The van der Waals surface area contributed by atoms with Crippen molar-refractivity contribution in [1.82, 2.24) is 19.6 Å². The third kappa shape index (κ3) is 5.01. The van der Waals surface area contributed by atoms with E-state index in [1.165, 1.54) is 11.1 Å². The second-order valence-corrected chi connectivity index (χ2v) is 7.56. The van der Waals surface area contributed by atoms with E-state index in [1.807, 2.05) is 50.4 Å². The van der Waals surface area contributed by atoms with E-state index < -0.39 is 0 Å². The highest BCUT2D eigenvalue weighted by Crippen LogP contribution is 2.19. The monoisotopic (exact) mass is 415 g/mol. The van der Waals surface area contributed by atoms with E-state index in [4.69, 9.17) is 4.74 Å². The van der Waals surface area contributed by atoms with Crippen LogP contribution in [-0.4, -0.2) is 25.5 Å². The van der Waals surface area contributed by atoms with E-state index in [9.17, 15) is 4.79 Å². The van der Waals surface area contributed by atoms with Gasteiger partial charge in [-0.15, -0.1) is 0 Å². The highest BCUT2D eigenvalue weighted by molar-refractivity contribution is 6.02. The zero-order valence-electron chi connectivity index (χ0n) is 17.9. The summed E-state index contributed by atoms with van der Waals surface area (Å²) in [5, 5.41) is 11.5. The third-order valence-electron chi connectivity index (χ3n) is 5.05. The summed E-state index contributed by atoms with van der Waals surface area (Å²) in [6, 6.07) is 17.6. The molecule has 0 unspecified atom stereocenters. The first-order valence-electron chi connectivity index (χ1n) is 10.1. The maximum Gasteiger partial charge on any atom is 0.277 e. The Labute approximate surface area is 181 Å². The summed E-state index contributed by atoms with van der Waals surface area (Å²) in [5.74, 6) is 0.979.